The number of hydrogen-bond donors (Lipinski definition) is 1. The van der Waals surface area contributed by atoms with Crippen LogP contribution in [0.2, 0.25) is 0 Å². The van der Waals surface area contributed by atoms with Crippen LogP contribution in [0, 0.1) is 6.92 Å². The maximum absolute atomic E-state index is 10.9. The number of aryl methyl sites for hydroxylation is 1. The molecule has 1 aromatic rings. The second kappa shape index (κ2) is 5.84. The molecule has 0 amide bonds. The van der Waals surface area contributed by atoms with Crippen LogP contribution in [0.3, 0.4) is 0 Å². The molecule has 0 saturated heterocycles. The molecule has 0 heterocycles. The average Bonchev–Trinajstić information content (AvgIpc) is 2.25. The molecular formula is C14H18O5. The third-order valence-electron chi connectivity index (χ3n) is 2.60. The van der Waals surface area contributed by atoms with Crippen molar-refractivity contribution < 1.29 is 24.2 Å². The zero-order valence-corrected chi connectivity index (χ0v) is 11.5. The van der Waals surface area contributed by atoms with E-state index in [1.807, 2.05) is 0 Å². The average molecular weight is 266 g/mol. The number of carbonyl (C=O) groups excluding carboxylic acids is 2. The van der Waals surface area contributed by atoms with Gasteiger partial charge in [0.1, 0.15) is 18.0 Å². The number of aliphatic hydroxyl groups is 1. The van der Waals surface area contributed by atoms with Gasteiger partial charge in [0, 0.05) is 13.8 Å². The third-order valence-corrected chi connectivity index (χ3v) is 2.60. The summed E-state index contributed by atoms with van der Waals surface area (Å²) >= 11 is 0. The largest absolute Gasteiger partial charge is 0.462 e. The van der Waals surface area contributed by atoms with E-state index in [-0.39, 0.29) is 6.61 Å². The number of rotatable bonds is 4. The van der Waals surface area contributed by atoms with Crippen molar-refractivity contribution in [2.24, 2.45) is 0 Å². The molecule has 19 heavy (non-hydrogen) atoms. The quantitative estimate of drug-likeness (QED) is 0.663. The third kappa shape index (κ3) is 4.37. The first-order chi connectivity index (χ1) is 8.72. The van der Waals surface area contributed by atoms with Crippen LogP contribution in [0.15, 0.2) is 18.2 Å². The van der Waals surface area contributed by atoms with Gasteiger partial charge in [-0.05, 0) is 37.1 Å². The lowest BCUT2D eigenvalue weighted by atomic mass is 9.92. The molecule has 0 aromatic heterocycles. The Balaban J connectivity index is 2.94. The highest BCUT2D eigenvalue weighted by molar-refractivity contribution is 5.69. The number of hydrogen-bond acceptors (Lipinski definition) is 5. The van der Waals surface area contributed by atoms with Crippen molar-refractivity contribution >= 4 is 11.9 Å². The topological polar surface area (TPSA) is 72.8 Å². The van der Waals surface area contributed by atoms with E-state index in [1.54, 1.807) is 32.0 Å². The van der Waals surface area contributed by atoms with E-state index in [1.165, 1.54) is 13.8 Å². The summed E-state index contributed by atoms with van der Waals surface area (Å²) in [6.45, 7) is 5.82. The Morgan fingerprint density at radius 2 is 1.89 bits per heavy atom. The predicted molar refractivity (Wildman–Crippen MR) is 68.7 cm³/mol. The van der Waals surface area contributed by atoms with Gasteiger partial charge in [-0.3, -0.25) is 9.59 Å². The van der Waals surface area contributed by atoms with Gasteiger partial charge in [-0.15, -0.1) is 0 Å². The highest BCUT2D eigenvalue weighted by atomic mass is 16.5. The summed E-state index contributed by atoms with van der Waals surface area (Å²) in [6, 6.07) is 4.89. The van der Waals surface area contributed by atoms with E-state index in [4.69, 9.17) is 9.47 Å². The molecule has 0 unspecified atom stereocenters. The Bertz CT molecular complexity index is 491. The van der Waals surface area contributed by atoms with Gasteiger partial charge in [-0.25, -0.2) is 0 Å². The zero-order chi connectivity index (χ0) is 14.6. The van der Waals surface area contributed by atoms with Crippen LogP contribution in [0.25, 0.3) is 0 Å². The van der Waals surface area contributed by atoms with Crippen LogP contribution in [0.4, 0.5) is 0 Å². The van der Waals surface area contributed by atoms with Gasteiger partial charge >= 0.3 is 11.9 Å². The van der Waals surface area contributed by atoms with E-state index < -0.39 is 17.5 Å². The first kappa shape index (κ1) is 15.2. The fourth-order valence-corrected chi connectivity index (χ4v) is 1.79. The zero-order valence-electron chi connectivity index (χ0n) is 11.5. The molecule has 0 bridgehead atoms. The van der Waals surface area contributed by atoms with Gasteiger partial charge in [0.2, 0.25) is 0 Å². The predicted octanol–water partition coefficient (Wildman–Crippen LogP) is 1.69. The number of esters is 2. The molecular weight excluding hydrogens is 248 g/mol. The monoisotopic (exact) mass is 266 g/mol. The molecule has 0 fully saturated rings. The van der Waals surface area contributed by atoms with Crippen molar-refractivity contribution in [3.05, 3.63) is 29.3 Å². The number of benzene rings is 1. The summed E-state index contributed by atoms with van der Waals surface area (Å²) in [6.07, 6.45) is 0. The van der Waals surface area contributed by atoms with Crippen LogP contribution in [0.1, 0.15) is 31.9 Å². The highest BCUT2D eigenvalue weighted by Gasteiger charge is 2.26. The van der Waals surface area contributed by atoms with Crippen LogP contribution >= 0.6 is 0 Å². The van der Waals surface area contributed by atoms with Crippen molar-refractivity contribution in [3.63, 3.8) is 0 Å². The fourth-order valence-electron chi connectivity index (χ4n) is 1.79. The minimum absolute atomic E-state index is 0.129. The summed E-state index contributed by atoms with van der Waals surface area (Å²) in [5.74, 6) is -0.440. The highest BCUT2D eigenvalue weighted by Crippen LogP contribution is 2.27. The van der Waals surface area contributed by atoms with Gasteiger partial charge in [0.25, 0.3) is 0 Å². The van der Waals surface area contributed by atoms with Crippen molar-refractivity contribution in [1.29, 1.82) is 0 Å². The van der Waals surface area contributed by atoms with Gasteiger partial charge in [0.15, 0.2) is 0 Å². The molecule has 0 radical (unpaired) electrons. The van der Waals surface area contributed by atoms with Crippen LogP contribution < -0.4 is 4.74 Å². The fraction of sp³-hybridized carbons (Fsp3) is 0.429. The smallest absolute Gasteiger partial charge is 0.308 e. The Morgan fingerprint density at radius 1 is 1.26 bits per heavy atom. The molecule has 0 aliphatic heterocycles. The van der Waals surface area contributed by atoms with Crippen molar-refractivity contribution in [2.75, 3.05) is 6.61 Å². The van der Waals surface area contributed by atoms with Gasteiger partial charge in [-0.1, -0.05) is 6.07 Å². The van der Waals surface area contributed by atoms with E-state index in [9.17, 15) is 14.7 Å². The summed E-state index contributed by atoms with van der Waals surface area (Å²) in [4.78, 5) is 21.6. The normalized spacial score (nSPS) is 13.5. The van der Waals surface area contributed by atoms with Gasteiger partial charge in [-0.2, -0.15) is 0 Å². The summed E-state index contributed by atoms with van der Waals surface area (Å²) in [5.41, 5.74) is 0.0744. The summed E-state index contributed by atoms with van der Waals surface area (Å²) < 4.78 is 9.79. The molecule has 0 saturated carbocycles. The second-order valence-corrected chi connectivity index (χ2v) is 4.62. The molecule has 104 valence electrons. The minimum Gasteiger partial charge on any atom is -0.462 e. The van der Waals surface area contributed by atoms with Gasteiger partial charge in [0.05, 0.1) is 0 Å². The Kier molecular flexibility index (Phi) is 4.67. The molecule has 5 heteroatoms. The number of carbonyl (C=O) groups is 2. The Labute approximate surface area is 112 Å². The lowest BCUT2D eigenvalue weighted by molar-refractivity contribution is -0.148. The molecule has 1 N–H and O–H groups in total. The van der Waals surface area contributed by atoms with E-state index in [0.717, 1.165) is 5.56 Å². The standard InChI is InChI=1S/C14H18O5/c1-9-7-12(19-11(3)16)5-6-13(9)14(4,17)8-18-10(2)15/h5-7,17H,8H2,1-4H3/t14-/m0/s1. The molecule has 0 spiro atoms. The molecule has 1 rings (SSSR count). The Hall–Kier alpha value is -1.88. The van der Waals surface area contributed by atoms with E-state index in [0.29, 0.717) is 11.3 Å². The van der Waals surface area contributed by atoms with Crippen LogP contribution in [0.5, 0.6) is 5.75 Å². The molecule has 5 nitrogen and oxygen atoms in total. The van der Waals surface area contributed by atoms with Crippen LogP contribution in [-0.2, 0) is 19.9 Å². The lowest BCUT2D eigenvalue weighted by Crippen LogP contribution is -2.29. The molecule has 1 atom stereocenters. The first-order valence-electron chi connectivity index (χ1n) is 5.87. The molecule has 1 aromatic carbocycles. The second-order valence-electron chi connectivity index (χ2n) is 4.62. The van der Waals surface area contributed by atoms with Gasteiger partial charge < -0.3 is 14.6 Å². The lowest BCUT2D eigenvalue weighted by Gasteiger charge is -2.25. The first-order valence-corrected chi connectivity index (χ1v) is 5.87. The van der Waals surface area contributed by atoms with E-state index >= 15 is 0 Å². The van der Waals surface area contributed by atoms with Crippen molar-refractivity contribution in [3.8, 4) is 5.75 Å². The SMILES string of the molecule is CC(=O)OC[C@](C)(O)c1ccc(OC(C)=O)cc1C. The Morgan fingerprint density at radius 3 is 2.37 bits per heavy atom. The minimum atomic E-state index is -1.29. The summed E-state index contributed by atoms with van der Waals surface area (Å²) in [5, 5.41) is 10.3. The van der Waals surface area contributed by atoms with Crippen molar-refractivity contribution in [2.45, 2.75) is 33.3 Å². The van der Waals surface area contributed by atoms with Crippen LogP contribution in [-0.4, -0.2) is 23.7 Å². The van der Waals surface area contributed by atoms with Crippen molar-refractivity contribution in [1.82, 2.24) is 0 Å². The summed E-state index contributed by atoms with van der Waals surface area (Å²) in [7, 11) is 0. The maximum Gasteiger partial charge on any atom is 0.308 e. The maximum atomic E-state index is 10.9. The van der Waals surface area contributed by atoms with E-state index in [2.05, 4.69) is 0 Å². The molecule has 0 aliphatic rings. The number of ether oxygens (including phenoxy) is 2. The molecule has 0 aliphatic carbocycles.